The molecule has 2 rings (SSSR count). The largest absolute Gasteiger partial charge is 0.345 e. The van der Waals surface area contributed by atoms with Crippen LogP contribution in [-0.2, 0) is 4.79 Å². The standard InChI is InChI=1S/C14H17N3O/c1-14(2,3)13(18)17-11-6-4-10(5-7-11)12-15-8-9-16-12/h4-9H,1-3H3,(H,15,16)(H,17,18). The van der Waals surface area contributed by atoms with Crippen molar-refractivity contribution >= 4 is 11.6 Å². The van der Waals surface area contributed by atoms with E-state index in [-0.39, 0.29) is 11.3 Å². The van der Waals surface area contributed by atoms with Crippen LogP contribution in [0.15, 0.2) is 36.7 Å². The lowest BCUT2D eigenvalue weighted by molar-refractivity contribution is -0.123. The van der Waals surface area contributed by atoms with Gasteiger partial charge in [0.25, 0.3) is 0 Å². The molecule has 0 spiro atoms. The molecule has 0 atom stereocenters. The molecule has 4 nitrogen and oxygen atoms in total. The molecular weight excluding hydrogens is 226 g/mol. The van der Waals surface area contributed by atoms with Gasteiger partial charge in [-0.25, -0.2) is 4.98 Å². The van der Waals surface area contributed by atoms with E-state index in [9.17, 15) is 4.79 Å². The van der Waals surface area contributed by atoms with Gasteiger partial charge in [0.1, 0.15) is 5.82 Å². The quantitative estimate of drug-likeness (QED) is 0.851. The number of nitrogens with one attached hydrogen (secondary N) is 2. The number of carbonyl (C=O) groups excluding carboxylic acids is 1. The summed E-state index contributed by atoms with van der Waals surface area (Å²) in [6.07, 6.45) is 3.50. The number of aromatic nitrogens is 2. The van der Waals surface area contributed by atoms with Crippen molar-refractivity contribution < 1.29 is 4.79 Å². The minimum Gasteiger partial charge on any atom is -0.345 e. The summed E-state index contributed by atoms with van der Waals surface area (Å²) < 4.78 is 0. The molecule has 0 aliphatic heterocycles. The predicted molar refractivity (Wildman–Crippen MR) is 72.1 cm³/mol. The smallest absolute Gasteiger partial charge is 0.229 e. The number of hydrogen-bond donors (Lipinski definition) is 2. The Balaban J connectivity index is 2.12. The molecule has 0 aliphatic rings. The first kappa shape index (κ1) is 12.4. The van der Waals surface area contributed by atoms with Gasteiger partial charge in [-0.3, -0.25) is 4.79 Å². The number of anilines is 1. The van der Waals surface area contributed by atoms with Gasteiger partial charge in [-0.1, -0.05) is 20.8 Å². The van der Waals surface area contributed by atoms with E-state index >= 15 is 0 Å². The molecule has 0 radical (unpaired) electrons. The van der Waals surface area contributed by atoms with E-state index in [1.54, 1.807) is 12.4 Å². The summed E-state index contributed by atoms with van der Waals surface area (Å²) >= 11 is 0. The van der Waals surface area contributed by atoms with E-state index in [4.69, 9.17) is 0 Å². The third-order valence-corrected chi connectivity index (χ3v) is 2.60. The van der Waals surface area contributed by atoms with Crippen LogP contribution in [0.5, 0.6) is 0 Å². The predicted octanol–water partition coefficient (Wildman–Crippen LogP) is 3.06. The molecule has 2 aromatic rings. The van der Waals surface area contributed by atoms with Crippen molar-refractivity contribution in [1.29, 1.82) is 0 Å². The average Bonchev–Trinajstić information content (AvgIpc) is 2.82. The van der Waals surface area contributed by atoms with Crippen LogP contribution >= 0.6 is 0 Å². The van der Waals surface area contributed by atoms with Gasteiger partial charge in [0.15, 0.2) is 0 Å². The second-order valence-corrected chi connectivity index (χ2v) is 5.22. The molecule has 0 fully saturated rings. The van der Waals surface area contributed by atoms with Crippen LogP contribution in [0.25, 0.3) is 11.4 Å². The molecule has 18 heavy (non-hydrogen) atoms. The van der Waals surface area contributed by atoms with Crippen molar-refractivity contribution in [3.63, 3.8) is 0 Å². The van der Waals surface area contributed by atoms with Crippen molar-refractivity contribution in [2.45, 2.75) is 20.8 Å². The Kier molecular flexibility index (Phi) is 3.19. The van der Waals surface area contributed by atoms with Gasteiger partial charge < -0.3 is 10.3 Å². The molecule has 1 heterocycles. The first-order chi connectivity index (χ1) is 8.47. The van der Waals surface area contributed by atoms with Gasteiger partial charge in [0.05, 0.1) is 0 Å². The van der Waals surface area contributed by atoms with E-state index in [2.05, 4.69) is 15.3 Å². The van der Waals surface area contributed by atoms with Crippen LogP contribution in [0, 0.1) is 5.41 Å². The molecule has 0 bridgehead atoms. The van der Waals surface area contributed by atoms with E-state index < -0.39 is 0 Å². The maximum absolute atomic E-state index is 11.8. The molecule has 0 unspecified atom stereocenters. The van der Waals surface area contributed by atoms with Crippen molar-refractivity contribution in [1.82, 2.24) is 9.97 Å². The molecule has 1 amide bonds. The monoisotopic (exact) mass is 243 g/mol. The molecule has 2 N–H and O–H groups in total. The number of amides is 1. The first-order valence-electron chi connectivity index (χ1n) is 5.88. The summed E-state index contributed by atoms with van der Waals surface area (Å²) in [6, 6.07) is 7.61. The molecule has 0 aliphatic carbocycles. The van der Waals surface area contributed by atoms with Gasteiger partial charge >= 0.3 is 0 Å². The highest BCUT2D eigenvalue weighted by Gasteiger charge is 2.20. The maximum atomic E-state index is 11.8. The summed E-state index contributed by atoms with van der Waals surface area (Å²) in [7, 11) is 0. The minimum absolute atomic E-state index is 0.00764. The fraction of sp³-hybridized carbons (Fsp3) is 0.286. The maximum Gasteiger partial charge on any atom is 0.229 e. The lowest BCUT2D eigenvalue weighted by atomic mass is 9.95. The number of H-pyrrole nitrogens is 1. The van der Waals surface area contributed by atoms with E-state index in [0.29, 0.717) is 0 Å². The SMILES string of the molecule is CC(C)(C)C(=O)Nc1ccc(-c2ncc[nH]2)cc1. The second kappa shape index (κ2) is 4.64. The molecular formula is C14H17N3O. The van der Waals surface area contributed by atoms with Crippen molar-refractivity contribution in [3.05, 3.63) is 36.7 Å². The average molecular weight is 243 g/mol. The van der Waals surface area contributed by atoms with E-state index in [1.165, 1.54) is 0 Å². The fourth-order valence-electron chi connectivity index (χ4n) is 1.45. The van der Waals surface area contributed by atoms with E-state index in [1.807, 2.05) is 45.0 Å². The Morgan fingerprint density at radius 1 is 1.22 bits per heavy atom. The molecule has 0 saturated heterocycles. The van der Waals surface area contributed by atoms with Crippen LogP contribution in [0.4, 0.5) is 5.69 Å². The first-order valence-corrected chi connectivity index (χ1v) is 5.88. The summed E-state index contributed by atoms with van der Waals surface area (Å²) in [5, 5.41) is 2.88. The van der Waals surface area contributed by atoms with Gasteiger partial charge in [-0.15, -0.1) is 0 Å². The number of hydrogen-bond acceptors (Lipinski definition) is 2. The Hall–Kier alpha value is -2.10. The second-order valence-electron chi connectivity index (χ2n) is 5.22. The number of carbonyl (C=O) groups is 1. The van der Waals surface area contributed by atoms with Gasteiger partial charge in [0, 0.05) is 29.1 Å². The summed E-state index contributed by atoms with van der Waals surface area (Å²) in [5.74, 6) is 0.831. The topological polar surface area (TPSA) is 57.8 Å². The number of imidazole rings is 1. The van der Waals surface area contributed by atoms with Gasteiger partial charge in [-0.05, 0) is 24.3 Å². The number of nitrogens with zero attached hydrogens (tertiary/aromatic N) is 1. The van der Waals surface area contributed by atoms with Crippen molar-refractivity contribution in [2.24, 2.45) is 5.41 Å². The van der Waals surface area contributed by atoms with E-state index in [0.717, 1.165) is 17.1 Å². The normalized spacial score (nSPS) is 11.3. The Morgan fingerprint density at radius 2 is 1.89 bits per heavy atom. The highest BCUT2D eigenvalue weighted by Crippen LogP contribution is 2.20. The third-order valence-electron chi connectivity index (χ3n) is 2.60. The summed E-state index contributed by atoms with van der Waals surface area (Å²) in [5.41, 5.74) is 1.40. The molecule has 0 saturated carbocycles. The summed E-state index contributed by atoms with van der Waals surface area (Å²) in [4.78, 5) is 19.0. The van der Waals surface area contributed by atoms with Crippen LogP contribution in [0.2, 0.25) is 0 Å². The van der Waals surface area contributed by atoms with Crippen LogP contribution < -0.4 is 5.32 Å². The Bertz CT molecular complexity index is 521. The van der Waals surface area contributed by atoms with Crippen LogP contribution in [0.3, 0.4) is 0 Å². The zero-order valence-electron chi connectivity index (χ0n) is 10.8. The summed E-state index contributed by atoms with van der Waals surface area (Å²) in [6.45, 7) is 5.67. The minimum atomic E-state index is -0.389. The zero-order valence-corrected chi connectivity index (χ0v) is 10.8. The lowest BCUT2D eigenvalue weighted by Gasteiger charge is -2.17. The fourth-order valence-corrected chi connectivity index (χ4v) is 1.45. The molecule has 94 valence electrons. The number of aromatic amines is 1. The number of benzene rings is 1. The zero-order chi connectivity index (χ0) is 13.2. The van der Waals surface area contributed by atoms with Gasteiger partial charge in [0.2, 0.25) is 5.91 Å². The van der Waals surface area contributed by atoms with Crippen LogP contribution in [0.1, 0.15) is 20.8 Å². The third kappa shape index (κ3) is 2.77. The van der Waals surface area contributed by atoms with Crippen molar-refractivity contribution in [2.75, 3.05) is 5.32 Å². The van der Waals surface area contributed by atoms with Crippen molar-refractivity contribution in [3.8, 4) is 11.4 Å². The molecule has 1 aromatic carbocycles. The van der Waals surface area contributed by atoms with Gasteiger partial charge in [-0.2, -0.15) is 0 Å². The van der Waals surface area contributed by atoms with Crippen LogP contribution in [-0.4, -0.2) is 15.9 Å². The molecule has 4 heteroatoms. The highest BCUT2D eigenvalue weighted by molar-refractivity contribution is 5.94. The Morgan fingerprint density at radius 3 is 2.39 bits per heavy atom. The highest BCUT2D eigenvalue weighted by atomic mass is 16.2. The lowest BCUT2D eigenvalue weighted by Crippen LogP contribution is -2.27. The molecule has 1 aromatic heterocycles. The number of rotatable bonds is 2. The Labute approximate surface area is 106 Å².